The summed E-state index contributed by atoms with van der Waals surface area (Å²) >= 11 is 0. The van der Waals surface area contributed by atoms with Crippen LogP contribution in [0, 0.1) is 5.92 Å². The smallest absolute Gasteiger partial charge is 0.0107 e. The van der Waals surface area contributed by atoms with Gasteiger partial charge in [-0.25, -0.2) is 0 Å². The number of hydrogen-bond donors (Lipinski definition) is 2. The summed E-state index contributed by atoms with van der Waals surface area (Å²) in [5.74, 6) is 0.976. The third-order valence-corrected chi connectivity index (χ3v) is 4.04. The molecule has 1 saturated carbocycles. The molecule has 0 aromatic heterocycles. The topological polar surface area (TPSA) is 24.1 Å². The molecule has 82 valence electrons. The third-order valence-electron chi connectivity index (χ3n) is 4.04. The van der Waals surface area contributed by atoms with Crippen molar-refractivity contribution < 1.29 is 0 Å². The van der Waals surface area contributed by atoms with E-state index in [1.165, 1.54) is 51.5 Å². The summed E-state index contributed by atoms with van der Waals surface area (Å²) < 4.78 is 0. The monoisotopic (exact) mass is 196 g/mol. The van der Waals surface area contributed by atoms with E-state index in [9.17, 15) is 0 Å². The molecule has 0 radical (unpaired) electrons. The highest BCUT2D eigenvalue weighted by Gasteiger charge is 2.28. The van der Waals surface area contributed by atoms with Gasteiger partial charge in [-0.3, -0.25) is 0 Å². The van der Waals surface area contributed by atoms with Gasteiger partial charge in [-0.15, -0.1) is 0 Å². The minimum Gasteiger partial charge on any atom is -0.317 e. The molecule has 2 heteroatoms. The van der Waals surface area contributed by atoms with Gasteiger partial charge < -0.3 is 10.6 Å². The van der Waals surface area contributed by atoms with Crippen LogP contribution in [0.2, 0.25) is 0 Å². The lowest BCUT2D eigenvalue weighted by molar-refractivity contribution is 0.205. The van der Waals surface area contributed by atoms with Crippen LogP contribution in [0.1, 0.15) is 44.9 Å². The maximum atomic E-state index is 3.65. The molecule has 2 nitrogen and oxygen atoms in total. The molecule has 2 aliphatic rings. The van der Waals surface area contributed by atoms with Gasteiger partial charge in [0, 0.05) is 12.1 Å². The first kappa shape index (κ1) is 10.4. The summed E-state index contributed by atoms with van der Waals surface area (Å²) in [6.07, 6.45) is 9.92. The van der Waals surface area contributed by atoms with Crippen molar-refractivity contribution in [2.45, 2.75) is 57.0 Å². The lowest BCUT2D eigenvalue weighted by Gasteiger charge is -2.36. The number of rotatable bonds is 4. The highest BCUT2D eigenvalue weighted by Crippen LogP contribution is 2.31. The predicted molar refractivity (Wildman–Crippen MR) is 60.4 cm³/mol. The first-order chi connectivity index (χ1) is 6.90. The lowest BCUT2D eigenvalue weighted by atomic mass is 9.77. The average molecular weight is 196 g/mol. The summed E-state index contributed by atoms with van der Waals surface area (Å²) in [7, 11) is 2.13. The molecule has 1 saturated heterocycles. The minimum atomic E-state index is 0.777. The number of nitrogens with one attached hydrogen (secondary N) is 2. The lowest BCUT2D eigenvalue weighted by Crippen LogP contribution is -2.44. The average Bonchev–Trinajstić information content (AvgIpc) is 2.15. The zero-order chi connectivity index (χ0) is 9.80. The molecule has 0 spiro atoms. The zero-order valence-electron chi connectivity index (χ0n) is 9.39. The Morgan fingerprint density at radius 3 is 2.57 bits per heavy atom. The van der Waals surface area contributed by atoms with E-state index in [-0.39, 0.29) is 0 Å². The molecule has 0 aromatic carbocycles. The van der Waals surface area contributed by atoms with E-state index in [0.717, 1.165) is 18.0 Å². The van der Waals surface area contributed by atoms with Crippen molar-refractivity contribution in [1.82, 2.24) is 10.6 Å². The van der Waals surface area contributed by atoms with Gasteiger partial charge in [0.25, 0.3) is 0 Å². The second-order valence-electron chi connectivity index (χ2n) is 4.97. The molecule has 2 unspecified atom stereocenters. The molecule has 14 heavy (non-hydrogen) atoms. The van der Waals surface area contributed by atoms with E-state index >= 15 is 0 Å². The Kier molecular flexibility index (Phi) is 3.82. The first-order valence-electron chi connectivity index (χ1n) is 6.31. The fourth-order valence-corrected chi connectivity index (χ4v) is 2.82. The fraction of sp³-hybridized carbons (Fsp3) is 1.00. The van der Waals surface area contributed by atoms with Gasteiger partial charge in [-0.1, -0.05) is 12.8 Å². The summed E-state index contributed by atoms with van der Waals surface area (Å²) in [4.78, 5) is 0. The molecule has 1 aliphatic carbocycles. The van der Waals surface area contributed by atoms with E-state index < -0.39 is 0 Å². The van der Waals surface area contributed by atoms with Crippen molar-refractivity contribution >= 4 is 0 Å². The van der Waals surface area contributed by atoms with Gasteiger partial charge in [-0.05, 0) is 51.6 Å². The summed E-state index contributed by atoms with van der Waals surface area (Å²) in [6, 6.07) is 1.57. The van der Waals surface area contributed by atoms with E-state index in [1.807, 2.05) is 0 Å². The summed E-state index contributed by atoms with van der Waals surface area (Å²) in [5.41, 5.74) is 0. The van der Waals surface area contributed by atoms with Gasteiger partial charge >= 0.3 is 0 Å². The molecule has 2 N–H and O–H groups in total. The SMILES string of the molecule is CNC(CC1CCCCN1)C1CCC1. The Morgan fingerprint density at radius 1 is 1.21 bits per heavy atom. The summed E-state index contributed by atoms with van der Waals surface area (Å²) in [6.45, 7) is 1.24. The highest BCUT2D eigenvalue weighted by atomic mass is 14.9. The maximum absolute atomic E-state index is 3.65. The van der Waals surface area contributed by atoms with Gasteiger partial charge in [0.1, 0.15) is 0 Å². The molecule has 0 aromatic rings. The van der Waals surface area contributed by atoms with Crippen LogP contribution in [0.4, 0.5) is 0 Å². The molecule has 2 rings (SSSR count). The van der Waals surface area contributed by atoms with Gasteiger partial charge in [0.05, 0.1) is 0 Å². The number of piperidine rings is 1. The Hall–Kier alpha value is -0.0800. The standard InChI is InChI=1S/C12H24N2/c1-13-12(10-5-4-6-10)9-11-7-2-3-8-14-11/h10-14H,2-9H2,1H3. The van der Waals surface area contributed by atoms with Crippen molar-refractivity contribution in [2.75, 3.05) is 13.6 Å². The fourth-order valence-electron chi connectivity index (χ4n) is 2.82. The van der Waals surface area contributed by atoms with E-state index in [0.29, 0.717) is 0 Å². The normalized spacial score (nSPS) is 31.1. The molecule has 0 amide bonds. The van der Waals surface area contributed by atoms with E-state index in [4.69, 9.17) is 0 Å². The van der Waals surface area contributed by atoms with Crippen molar-refractivity contribution in [3.63, 3.8) is 0 Å². The Labute approximate surface area is 87.8 Å². The van der Waals surface area contributed by atoms with Crippen LogP contribution >= 0.6 is 0 Å². The second-order valence-corrected chi connectivity index (χ2v) is 4.97. The van der Waals surface area contributed by atoms with Crippen LogP contribution in [0.3, 0.4) is 0 Å². The minimum absolute atomic E-state index is 0.777. The second kappa shape index (κ2) is 5.13. The Balaban J connectivity index is 1.74. The van der Waals surface area contributed by atoms with Gasteiger partial charge in [0.2, 0.25) is 0 Å². The van der Waals surface area contributed by atoms with Crippen molar-refractivity contribution in [2.24, 2.45) is 5.92 Å². The molecule has 1 aliphatic heterocycles. The maximum Gasteiger partial charge on any atom is 0.0107 e. The predicted octanol–water partition coefficient (Wildman–Crippen LogP) is 1.91. The van der Waals surface area contributed by atoms with Crippen LogP contribution in [0.25, 0.3) is 0 Å². The highest BCUT2D eigenvalue weighted by molar-refractivity contribution is 4.86. The number of hydrogen-bond acceptors (Lipinski definition) is 2. The van der Waals surface area contributed by atoms with E-state index in [2.05, 4.69) is 17.7 Å². The van der Waals surface area contributed by atoms with Crippen LogP contribution in [0.15, 0.2) is 0 Å². The molecule has 1 heterocycles. The van der Waals surface area contributed by atoms with Crippen LogP contribution in [-0.2, 0) is 0 Å². The molecule has 0 bridgehead atoms. The largest absolute Gasteiger partial charge is 0.317 e. The van der Waals surface area contributed by atoms with Crippen LogP contribution in [-0.4, -0.2) is 25.7 Å². The van der Waals surface area contributed by atoms with Crippen molar-refractivity contribution in [3.8, 4) is 0 Å². The molecule has 2 atom stereocenters. The van der Waals surface area contributed by atoms with E-state index in [1.54, 1.807) is 0 Å². The van der Waals surface area contributed by atoms with Crippen molar-refractivity contribution in [3.05, 3.63) is 0 Å². The van der Waals surface area contributed by atoms with Crippen LogP contribution in [0.5, 0.6) is 0 Å². The molecule has 2 fully saturated rings. The van der Waals surface area contributed by atoms with Gasteiger partial charge in [0.15, 0.2) is 0 Å². The third kappa shape index (κ3) is 2.48. The Bertz CT molecular complexity index is 160. The quantitative estimate of drug-likeness (QED) is 0.717. The Morgan fingerprint density at radius 2 is 2.07 bits per heavy atom. The molecular weight excluding hydrogens is 172 g/mol. The van der Waals surface area contributed by atoms with Crippen molar-refractivity contribution in [1.29, 1.82) is 0 Å². The summed E-state index contributed by atoms with van der Waals surface area (Å²) in [5, 5.41) is 7.16. The zero-order valence-corrected chi connectivity index (χ0v) is 9.39. The van der Waals surface area contributed by atoms with Gasteiger partial charge in [-0.2, -0.15) is 0 Å². The van der Waals surface area contributed by atoms with Crippen LogP contribution < -0.4 is 10.6 Å². The molecular formula is C12H24N2. The first-order valence-corrected chi connectivity index (χ1v) is 6.31.